The Morgan fingerprint density at radius 3 is 2.56 bits per heavy atom. The van der Waals surface area contributed by atoms with E-state index in [0.717, 1.165) is 18.7 Å². The van der Waals surface area contributed by atoms with Crippen LogP contribution in [0.2, 0.25) is 0 Å². The lowest BCUT2D eigenvalue weighted by Gasteiger charge is -2.21. The molecule has 3 N–H and O–H groups in total. The summed E-state index contributed by atoms with van der Waals surface area (Å²) < 4.78 is 5.40. The Kier molecular flexibility index (Phi) is 6.16. The summed E-state index contributed by atoms with van der Waals surface area (Å²) in [5.74, 6) is 1.48. The second-order valence-electron chi connectivity index (χ2n) is 4.97. The van der Waals surface area contributed by atoms with Gasteiger partial charge in [-0.2, -0.15) is 0 Å². The number of hydrogen-bond acceptors (Lipinski definition) is 3. The largest absolute Gasteiger partial charge is 0.496 e. The van der Waals surface area contributed by atoms with E-state index in [1.54, 1.807) is 7.11 Å². The number of benzene rings is 1. The topological polar surface area (TPSA) is 47.3 Å². The fourth-order valence-electron chi connectivity index (χ4n) is 2.02. The van der Waals surface area contributed by atoms with Crippen molar-refractivity contribution in [3.63, 3.8) is 0 Å². The molecule has 1 atom stereocenters. The third-order valence-corrected chi connectivity index (χ3v) is 3.37. The molecule has 0 radical (unpaired) electrons. The number of nitrogens with two attached hydrogens (primary N) is 1. The second-order valence-corrected chi connectivity index (χ2v) is 4.97. The van der Waals surface area contributed by atoms with Gasteiger partial charge >= 0.3 is 0 Å². The Hall–Kier alpha value is -1.06. The van der Waals surface area contributed by atoms with Crippen molar-refractivity contribution >= 4 is 0 Å². The minimum atomic E-state index is 0.347. The Balaban J connectivity index is 2.75. The molecule has 0 aliphatic rings. The van der Waals surface area contributed by atoms with E-state index in [9.17, 15) is 0 Å². The zero-order valence-electron chi connectivity index (χ0n) is 12.0. The van der Waals surface area contributed by atoms with Crippen molar-refractivity contribution in [2.24, 2.45) is 11.7 Å². The fraction of sp³-hybridized carbons (Fsp3) is 0.600. The summed E-state index contributed by atoms with van der Waals surface area (Å²) in [7, 11) is 1.72. The number of rotatable bonds is 7. The first-order valence-corrected chi connectivity index (χ1v) is 6.71. The Labute approximate surface area is 111 Å². The molecule has 0 aliphatic carbocycles. The predicted octanol–water partition coefficient (Wildman–Crippen LogP) is 2.33. The van der Waals surface area contributed by atoms with Gasteiger partial charge in [0.25, 0.3) is 0 Å². The van der Waals surface area contributed by atoms with Crippen LogP contribution in [0.1, 0.15) is 31.9 Å². The Morgan fingerprint density at radius 1 is 1.33 bits per heavy atom. The maximum atomic E-state index is 5.77. The van der Waals surface area contributed by atoms with Crippen LogP contribution < -0.4 is 15.8 Å². The number of aryl methyl sites for hydroxylation is 1. The highest BCUT2D eigenvalue weighted by molar-refractivity contribution is 5.37. The van der Waals surface area contributed by atoms with E-state index in [1.807, 2.05) is 6.07 Å². The minimum Gasteiger partial charge on any atom is -0.496 e. The van der Waals surface area contributed by atoms with Gasteiger partial charge in [-0.3, -0.25) is 0 Å². The number of hydrogen-bond donors (Lipinski definition) is 2. The summed E-state index contributed by atoms with van der Waals surface area (Å²) in [5, 5.41) is 3.51. The highest BCUT2D eigenvalue weighted by Crippen LogP contribution is 2.20. The average Bonchev–Trinajstić information content (AvgIpc) is 2.38. The average molecular weight is 250 g/mol. The summed E-state index contributed by atoms with van der Waals surface area (Å²) in [5.41, 5.74) is 8.31. The van der Waals surface area contributed by atoms with Crippen molar-refractivity contribution in [1.82, 2.24) is 5.32 Å². The van der Waals surface area contributed by atoms with Crippen molar-refractivity contribution < 1.29 is 4.74 Å². The van der Waals surface area contributed by atoms with Crippen LogP contribution in [-0.4, -0.2) is 19.7 Å². The van der Waals surface area contributed by atoms with Crippen LogP contribution in [0.15, 0.2) is 18.2 Å². The molecule has 0 fully saturated rings. The summed E-state index contributed by atoms with van der Waals surface area (Å²) in [4.78, 5) is 0. The Bertz CT molecular complexity index is 364. The van der Waals surface area contributed by atoms with Crippen molar-refractivity contribution in [2.45, 2.75) is 39.8 Å². The maximum absolute atomic E-state index is 5.77. The van der Waals surface area contributed by atoms with Crippen molar-refractivity contribution in [2.75, 3.05) is 13.7 Å². The highest BCUT2D eigenvalue weighted by atomic mass is 16.5. The van der Waals surface area contributed by atoms with E-state index in [2.05, 4.69) is 38.2 Å². The van der Waals surface area contributed by atoms with Crippen LogP contribution in [0, 0.1) is 5.92 Å². The van der Waals surface area contributed by atoms with Crippen LogP contribution in [0.5, 0.6) is 5.75 Å². The predicted molar refractivity (Wildman–Crippen MR) is 76.9 cm³/mol. The van der Waals surface area contributed by atoms with E-state index in [1.165, 1.54) is 11.1 Å². The highest BCUT2D eigenvalue weighted by Gasteiger charge is 2.12. The molecule has 0 heterocycles. The summed E-state index contributed by atoms with van der Waals surface area (Å²) in [6.45, 7) is 7.99. The number of nitrogens with one attached hydrogen (secondary N) is 1. The van der Waals surface area contributed by atoms with E-state index in [-0.39, 0.29) is 0 Å². The van der Waals surface area contributed by atoms with E-state index in [4.69, 9.17) is 10.5 Å². The first-order valence-electron chi connectivity index (χ1n) is 6.71. The molecule has 18 heavy (non-hydrogen) atoms. The van der Waals surface area contributed by atoms with Crippen molar-refractivity contribution in [3.8, 4) is 5.75 Å². The van der Waals surface area contributed by atoms with Gasteiger partial charge in [0.1, 0.15) is 5.75 Å². The molecule has 102 valence electrons. The lowest BCUT2D eigenvalue weighted by Crippen LogP contribution is -2.39. The van der Waals surface area contributed by atoms with Crippen LogP contribution >= 0.6 is 0 Å². The smallest absolute Gasteiger partial charge is 0.123 e. The van der Waals surface area contributed by atoms with E-state index >= 15 is 0 Å². The molecular formula is C15H26N2O. The fourth-order valence-corrected chi connectivity index (χ4v) is 2.02. The van der Waals surface area contributed by atoms with Gasteiger partial charge < -0.3 is 15.8 Å². The molecule has 0 aromatic heterocycles. The molecule has 1 aromatic carbocycles. The first-order chi connectivity index (χ1) is 8.62. The third-order valence-electron chi connectivity index (χ3n) is 3.37. The molecule has 1 unspecified atom stereocenters. The molecule has 0 aliphatic heterocycles. The molecule has 0 saturated heterocycles. The van der Waals surface area contributed by atoms with E-state index in [0.29, 0.717) is 18.5 Å². The van der Waals surface area contributed by atoms with Gasteiger partial charge in [0.15, 0.2) is 0 Å². The van der Waals surface area contributed by atoms with Crippen LogP contribution in [-0.2, 0) is 13.0 Å². The molecular weight excluding hydrogens is 224 g/mol. The SMILES string of the molecule is CCc1ccc(OC)c(CNC(CN)C(C)C)c1. The molecule has 3 heteroatoms. The van der Waals surface area contributed by atoms with Crippen LogP contribution in [0.3, 0.4) is 0 Å². The van der Waals surface area contributed by atoms with Gasteiger partial charge in [-0.15, -0.1) is 0 Å². The normalized spacial score (nSPS) is 12.8. The molecule has 3 nitrogen and oxygen atoms in total. The lowest BCUT2D eigenvalue weighted by molar-refractivity contribution is 0.386. The quantitative estimate of drug-likeness (QED) is 0.781. The summed E-state index contributed by atoms with van der Waals surface area (Å²) >= 11 is 0. The molecule has 0 bridgehead atoms. The van der Waals surface area contributed by atoms with Gasteiger partial charge in [0.2, 0.25) is 0 Å². The Morgan fingerprint density at radius 2 is 2.06 bits per heavy atom. The molecule has 0 saturated carbocycles. The van der Waals surface area contributed by atoms with Crippen LogP contribution in [0.4, 0.5) is 0 Å². The van der Waals surface area contributed by atoms with Gasteiger partial charge in [0, 0.05) is 24.7 Å². The third kappa shape index (κ3) is 4.00. The standard InChI is InChI=1S/C15H26N2O/c1-5-12-6-7-15(18-4)13(8-12)10-17-14(9-16)11(2)3/h6-8,11,14,17H,5,9-10,16H2,1-4H3. The zero-order valence-corrected chi connectivity index (χ0v) is 12.0. The summed E-state index contributed by atoms with van der Waals surface area (Å²) in [6, 6.07) is 6.72. The summed E-state index contributed by atoms with van der Waals surface area (Å²) in [6.07, 6.45) is 1.04. The molecule has 0 amide bonds. The van der Waals surface area contributed by atoms with Crippen molar-refractivity contribution in [3.05, 3.63) is 29.3 Å². The lowest BCUT2D eigenvalue weighted by atomic mass is 10.0. The molecule has 0 spiro atoms. The van der Waals surface area contributed by atoms with Gasteiger partial charge in [-0.25, -0.2) is 0 Å². The maximum Gasteiger partial charge on any atom is 0.123 e. The van der Waals surface area contributed by atoms with Gasteiger partial charge in [-0.1, -0.05) is 32.9 Å². The molecule has 1 rings (SSSR count). The number of ether oxygens (including phenoxy) is 1. The zero-order chi connectivity index (χ0) is 13.5. The van der Waals surface area contributed by atoms with Gasteiger partial charge in [-0.05, 0) is 24.0 Å². The van der Waals surface area contributed by atoms with Gasteiger partial charge in [0.05, 0.1) is 7.11 Å². The minimum absolute atomic E-state index is 0.347. The molecule has 1 aromatic rings. The monoisotopic (exact) mass is 250 g/mol. The van der Waals surface area contributed by atoms with Crippen LogP contribution in [0.25, 0.3) is 0 Å². The van der Waals surface area contributed by atoms with E-state index < -0.39 is 0 Å². The first kappa shape index (κ1) is 15.0. The second kappa shape index (κ2) is 7.39. The van der Waals surface area contributed by atoms with Crippen molar-refractivity contribution in [1.29, 1.82) is 0 Å². The number of methoxy groups -OCH3 is 1.